The molecule has 1 aromatic carbocycles. The normalized spacial score (nSPS) is 11.1. The zero-order chi connectivity index (χ0) is 15.9. The van der Waals surface area contributed by atoms with Gasteiger partial charge in [-0.25, -0.2) is 9.37 Å². The Morgan fingerprint density at radius 1 is 1.36 bits per heavy atom. The highest BCUT2D eigenvalue weighted by molar-refractivity contribution is 7.18. The molecule has 0 aliphatic carbocycles. The Balaban J connectivity index is 2.04. The fourth-order valence-corrected chi connectivity index (χ4v) is 3.38. The molecule has 0 bridgehead atoms. The van der Waals surface area contributed by atoms with Crippen LogP contribution in [0.5, 0.6) is 5.75 Å². The third-order valence-corrected chi connectivity index (χ3v) is 4.84. The molecule has 0 atom stereocenters. The van der Waals surface area contributed by atoms with E-state index in [9.17, 15) is 9.18 Å². The highest BCUT2D eigenvalue weighted by atomic mass is 32.1. The van der Waals surface area contributed by atoms with Crippen molar-refractivity contribution in [1.82, 2.24) is 9.55 Å². The minimum Gasteiger partial charge on any atom is -0.494 e. The number of aromatic nitrogens is 2. The smallest absolute Gasteiger partial charge is 0.262 e. The Bertz CT molecular complexity index is 914. The second-order valence-corrected chi connectivity index (χ2v) is 6.31. The van der Waals surface area contributed by atoms with Crippen LogP contribution in [0.1, 0.15) is 16.0 Å². The molecule has 3 rings (SSSR count). The van der Waals surface area contributed by atoms with Crippen LogP contribution in [0.2, 0.25) is 0 Å². The van der Waals surface area contributed by atoms with E-state index in [-0.39, 0.29) is 17.9 Å². The predicted molar refractivity (Wildman–Crippen MR) is 85.4 cm³/mol. The molecule has 3 aromatic rings. The van der Waals surface area contributed by atoms with Gasteiger partial charge in [0.25, 0.3) is 5.56 Å². The number of benzene rings is 1. The molecule has 22 heavy (non-hydrogen) atoms. The molecule has 0 radical (unpaired) electrons. The van der Waals surface area contributed by atoms with Crippen molar-refractivity contribution >= 4 is 21.6 Å². The first-order valence-corrected chi connectivity index (χ1v) is 7.60. The SMILES string of the molecule is COc1ccc(Cn2cnc3sc(C)c(C)c3c2=O)cc1F. The van der Waals surface area contributed by atoms with Gasteiger partial charge in [-0.1, -0.05) is 6.07 Å². The molecule has 4 nitrogen and oxygen atoms in total. The van der Waals surface area contributed by atoms with E-state index in [0.717, 1.165) is 15.3 Å². The van der Waals surface area contributed by atoms with Crippen LogP contribution < -0.4 is 10.3 Å². The molecule has 2 heterocycles. The lowest BCUT2D eigenvalue weighted by molar-refractivity contribution is 0.386. The summed E-state index contributed by atoms with van der Waals surface area (Å²) in [6, 6.07) is 4.67. The number of nitrogens with zero attached hydrogens (tertiary/aromatic N) is 2. The Hall–Kier alpha value is -2.21. The molecule has 0 aliphatic heterocycles. The number of hydrogen-bond donors (Lipinski definition) is 0. The van der Waals surface area contributed by atoms with E-state index in [2.05, 4.69) is 4.98 Å². The van der Waals surface area contributed by atoms with Gasteiger partial charge in [0.2, 0.25) is 0 Å². The maximum atomic E-state index is 13.7. The molecule has 6 heteroatoms. The van der Waals surface area contributed by atoms with E-state index in [1.807, 2.05) is 13.8 Å². The number of aryl methyl sites for hydroxylation is 2. The highest BCUT2D eigenvalue weighted by Gasteiger charge is 2.12. The second kappa shape index (κ2) is 5.53. The Kier molecular flexibility index (Phi) is 3.70. The molecule has 0 spiro atoms. The van der Waals surface area contributed by atoms with Gasteiger partial charge in [0.1, 0.15) is 4.83 Å². The summed E-state index contributed by atoms with van der Waals surface area (Å²) in [5.41, 5.74) is 1.56. The Morgan fingerprint density at radius 3 is 2.82 bits per heavy atom. The van der Waals surface area contributed by atoms with Crippen molar-refractivity contribution in [3.63, 3.8) is 0 Å². The number of rotatable bonds is 3. The Morgan fingerprint density at radius 2 is 2.14 bits per heavy atom. The number of fused-ring (bicyclic) bond motifs is 1. The van der Waals surface area contributed by atoms with Crippen LogP contribution in [0, 0.1) is 19.7 Å². The molecular weight excluding hydrogens is 303 g/mol. The monoisotopic (exact) mass is 318 g/mol. The first kappa shape index (κ1) is 14.7. The highest BCUT2D eigenvalue weighted by Crippen LogP contribution is 2.25. The average Bonchev–Trinajstić information content (AvgIpc) is 2.78. The number of methoxy groups -OCH3 is 1. The van der Waals surface area contributed by atoms with Crippen molar-refractivity contribution < 1.29 is 9.13 Å². The van der Waals surface area contributed by atoms with Crippen LogP contribution in [0.3, 0.4) is 0 Å². The summed E-state index contributed by atoms with van der Waals surface area (Å²) < 4.78 is 20.1. The van der Waals surface area contributed by atoms with Gasteiger partial charge in [-0.2, -0.15) is 0 Å². The summed E-state index contributed by atoms with van der Waals surface area (Å²) in [7, 11) is 1.42. The van der Waals surface area contributed by atoms with Crippen molar-refractivity contribution in [2.75, 3.05) is 7.11 Å². The maximum Gasteiger partial charge on any atom is 0.262 e. The fourth-order valence-electron chi connectivity index (χ4n) is 2.39. The van der Waals surface area contributed by atoms with E-state index in [1.165, 1.54) is 35.4 Å². The Labute approximate surface area is 130 Å². The maximum absolute atomic E-state index is 13.7. The summed E-state index contributed by atoms with van der Waals surface area (Å²) in [5, 5.41) is 0.652. The first-order chi connectivity index (χ1) is 10.5. The summed E-state index contributed by atoms with van der Waals surface area (Å²) in [6.45, 7) is 4.18. The minimum absolute atomic E-state index is 0.0944. The topological polar surface area (TPSA) is 44.1 Å². The molecule has 0 saturated heterocycles. The molecule has 0 fully saturated rings. The minimum atomic E-state index is -0.440. The third-order valence-electron chi connectivity index (χ3n) is 3.72. The van der Waals surface area contributed by atoms with E-state index in [0.29, 0.717) is 10.9 Å². The lowest BCUT2D eigenvalue weighted by Gasteiger charge is -2.07. The standard InChI is InChI=1S/C16H15FN2O2S/c1-9-10(2)22-15-14(9)16(20)19(8-18-15)7-11-4-5-13(21-3)12(17)6-11/h4-6,8H,7H2,1-3H3. The van der Waals surface area contributed by atoms with Gasteiger partial charge in [0.15, 0.2) is 11.6 Å². The van der Waals surface area contributed by atoms with Crippen molar-refractivity contribution in [2.24, 2.45) is 0 Å². The quantitative estimate of drug-likeness (QED) is 0.744. The van der Waals surface area contributed by atoms with E-state index in [1.54, 1.807) is 12.1 Å². The number of halogens is 1. The first-order valence-electron chi connectivity index (χ1n) is 6.79. The molecule has 2 aromatic heterocycles. The van der Waals surface area contributed by atoms with E-state index >= 15 is 0 Å². The second-order valence-electron chi connectivity index (χ2n) is 5.11. The lowest BCUT2D eigenvalue weighted by Crippen LogP contribution is -2.21. The van der Waals surface area contributed by atoms with Crippen LogP contribution in [0.4, 0.5) is 4.39 Å². The van der Waals surface area contributed by atoms with Gasteiger partial charge in [-0.05, 0) is 37.1 Å². The third kappa shape index (κ3) is 2.39. The van der Waals surface area contributed by atoms with Crippen LogP contribution in [-0.4, -0.2) is 16.7 Å². The summed E-state index contributed by atoms with van der Waals surface area (Å²) in [4.78, 5) is 18.8. The van der Waals surface area contributed by atoms with Gasteiger partial charge in [0.05, 0.1) is 25.4 Å². The molecule has 0 amide bonds. The molecule has 0 aliphatic rings. The van der Waals surface area contributed by atoms with Crippen molar-refractivity contribution in [3.8, 4) is 5.75 Å². The van der Waals surface area contributed by atoms with Crippen molar-refractivity contribution in [3.05, 3.63) is 56.7 Å². The number of ether oxygens (including phenoxy) is 1. The predicted octanol–water partition coefficient (Wildman–Crippen LogP) is 3.27. The van der Waals surface area contributed by atoms with Crippen LogP contribution in [0.15, 0.2) is 29.3 Å². The van der Waals surface area contributed by atoms with Crippen molar-refractivity contribution in [1.29, 1.82) is 0 Å². The van der Waals surface area contributed by atoms with Gasteiger partial charge < -0.3 is 4.74 Å². The van der Waals surface area contributed by atoms with Gasteiger partial charge >= 0.3 is 0 Å². The molecule has 0 unspecified atom stereocenters. The van der Waals surface area contributed by atoms with Crippen LogP contribution >= 0.6 is 11.3 Å². The van der Waals surface area contributed by atoms with E-state index < -0.39 is 5.82 Å². The van der Waals surface area contributed by atoms with Gasteiger partial charge in [-0.15, -0.1) is 11.3 Å². The van der Waals surface area contributed by atoms with Crippen molar-refractivity contribution in [2.45, 2.75) is 20.4 Å². The van der Waals surface area contributed by atoms with Crippen LogP contribution in [0.25, 0.3) is 10.2 Å². The number of thiophene rings is 1. The van der Waals surface area contributed by atoms with Gasteiger partial charge in [-0.3, -0.25) is 9.36 Å². The summed E-state index contributed by atoms with van der Waals surface area (Å²) in [5.74, 6) is -0.251. The molecule has 114 valence electrons. The van der Waals surface area contributed by atoms with Gasteiger partial charge in [0, 0.05) is 4.88 Å². The number of hydrogen-bond acceptors (Lipinski definition) is 4. The molecular formula is C16H15FN2O2S. The molecule has 0 saturated carbocycles. The lowest BCUT2D eigenvalue weighted by atomic mass is 10.2. The zero-order valence-corrected chi connectivity index (χ0v) is 13.3. The van der Waals surface area contributed by atoms with Crippen LogP contribution in [-0.2, 0) is 6.54 Å². The average molecular weight is 318 g/mol. The van der Waals surface area contributed by atoms with E-state index in [4.69, 9.17) is 4.74 Å². The zero-order valence-electron chi connectivity index (χ0n) is 12.5. The fraction of sp³-hybridized carbons (Fsp3) is 0.250. The molecule has 0 N–H and O–H groups in total. The summed E-state index contributed by atoms with van der Waals surface area (Å²) in [6.07, 6.45) is 1.52. The summed E-state index contributed by atoms with van der Waals surface area (Å²) >= 11 is 1.51. The largest absolute Gasteiger partial charge is 0.494 e.